The molecule has 1 saturated heterocycles. The zero-order valence-electron chi connectivity index (χ0n) is 20.3. The Morgan fingerprint density at radius 1 is 1.03 bits per heavy atom. The highest BCUT2D eigenvalue weighted by atomic mass is 19.1. The number of aromatic nitrogens is 3. The van der Waals surface area contributed by atoms with E-state index in [0.29, 0.717) is 43.1 Å². The minimum atomic E-state index is -0.819. The van der Waals surface area contributed by atoms with Gasteiger partial charge in [-0.25, -0.2) is 23.1 Å². The van der Waals surface area contributed by atoms with E-state index >= 15 is 4.39 Å². The average Bonchev–Trinajstić information content (AvgIpc) is 2.85. The van der Waals surface area contributed by atoms with Gasteiger partial charge in [0.05, 0.1) is 16.6 Å². The van der Waals surface area contributed by atoms with Crippen molar-refractivity contribution in [1.29, 1.82) is 0 Å². The second kappa shape index (κ2) is 9.31. The van der Waals surface area contributed by atoms with Crippen LogP contribution in [0.25, 0.3) is 28.0 Å². The molecule has 9 heteroatoms. The third-order valence-electron chi connectivity index (χ3n) is 6.56. The topological polar surface area (TPSA) is 83.3 Å². The van der Waals surface area contributed by atoms with Gasteiger partial charge in [-0.1, -0.05) is 38.1 Å². The number of rotatable bonds is 4. The van der Waals surface area contributed by atoms with Crippen molar-refractivity contribution in [3.63, 3.8) is 0 Å². The van der Waals surface area contributed by atoms with Crippen LogP contribution in [0, 0.1) is 18.6 Å². The number of halogens is 2. The molecular formula is C27H27F2N5O2. The van der Waals surface area contributed by atoms with E-state index in [1.165, 1.54) is 22.8 Å². The van der Waals surface area contributed by atoms with Crippen LogP contribution >= 0.6 is 0 Å². The molecule has 0 aliphatic carbocycles. The van der Waals surface area contributed by atoms with Crippen LogP contribution in [0.15, 0.2) is 47.3 Å². The molecule has 1 aliphatic rings. The second-order valence-electron chi connectivity index (χ2n) is 9.28. The first-order chi connectivity index (χ1) is 17.3. The van der Waals surface area contributed by atoms with E-state index in [1.54, 1.807) is 0 Å². The molecule has 2 aromatic heterocycles. The SMILES string of the molecule is Cc1cccc(C(C)C)c1-n1c(=O)nc(N2CCNCC2)c2cc(F)c(-c3c(O)cccc3F)nc21. The second-order valence-corrected chi connectivity index (χ2v) is 9.28. The largest absolute Gasteiger partial charge is 0.507 e. The smallest absolute Gasteiger partial charge is 0.355 e. The van der Waals surface area contributed by atoms with Gasteiger partial charge in [-0.3, -0.25) is 0 Å². The van der Waals surface area contributed by atoms with Crippen LogP contribution < -0.4 is 15.9 Å². The summed E-state index contributed by atoms with van der Waals surface area (Å²) in [4.78, 5) is 24.5. The fourth-order valence-electron chi connectivity index (χ4n) is 4.80. The van der Waals surface area contributed by atoms with Crippen molar-refractivity contribution in [2.45, 2.75) is 26.7 Å². The van der Waals surface area contributed by atoms with Crippen LogP contribution in [0.3, 0.4) is 0 Å². The van der Waals surface area contributed by atoms with E-state index in [2.05, 4.69) is 15.3 Å². The lowest BCUT2D eigenvalue weighted by molar-refractivity contribution is 0.470. The lowest BCUT2D eigenvalue weighted by atomic mass is 9.98. The maximum Gasteiger partial charge on any atom is 0.355 e. The molecule has 0 saturated carbocycles. The zero-order chi connectivity index (χ0) is 25.6. The number of piperazine rings is 1. The van der Waals surface area contributed by atoms with Crippen molar-refractivity contribution in [2.75, 3.05) is 31.1 Å². The number of aromatic hydroxyl groups is 1. The Balaban J connectivity index is 1.91. The van der Waals surface area contributed by atoms with Gasteiger partial charge in [-0.15, -0.1) is 0 Å². The molecule has 2 N–H and O–H groups in total. The highest BCUT2D eigenvalue weighted by molar-refractivity contribution is 5.91. The first kappa shape index (κ1) is 23.9. The molecule has 7 nitrogen and oxygen atoms in total. The number of fused-ring (bicyclic) bond motifs is 1. The summed E-state index contributed by atoms with van der Waals surface area (Å²) in [5.41, 5.74) is 1.20. The van der Waals surface area contributed by atoms with Gasteiger partial charge in [0, 0.05) is 26.2 Å². The molecule has 5 rings (SSSR count). The van der Waals surface area contributed by atoms with Crippen molar-refractivity contribution in [3.05, 3.63) is 75.7 Å². The Hall–Kier alpha value is -3.85. The number of para-hydroxylation sites is 1. The molecule has 4 aromatic rings. The summed E-state index contributed by atoms with van der Waals surface area (Å²) < 4.78 is 31.7. The van der Waals surface area contributed by atoms with Crippen LogP contribution in [0.4, 0.5) is 14.6 Å². The Kier molecular flexibility index (Phi) is 6.17. The van der Waals surface area contributed by atoms with Gasteiger partial charge in [0.1, 0.15) is 23.1 Å². The van der Waals surface area contributed by atoms with Crippen molar-refractivity contribution in [1.82, 2.24) is 19.9 Å². The summed E-state index contributed by atoms with van der Waals surface area (Å²) in [7, 11) is 0. The third-order valence-corrected chi connectivity index (χ3v) is 6.56. The number of pyridine rings is 1. The maximum absolute atomic E-state index is 15.5. The zero-order valence-corrected chi connectivity index (χ0v) is 20.3. The Bertz CT molecular complexity index is 1510. The summed E-state index contributed by atoms with van der Waals surface area (Å²) in [6, 6.07) is 10.7. The van der Waals surface area contributed by atoms with E-state index in [9.17, 15) is 14.3 Å². The molecule has 3 heterocycles. The van der Waals surface area contributed by atoms with Crippen LogP contribution in [0.1, 0.15) is 30.9 Å². The molecule has 0 spiro atoms. The lowest BCUT2D eigenvalue weighted by Gasteiger charge is -2.29. The number of anilines is 1. The number of aryl methyl sites for hydroxylation is 1. The van der Waals surface area contributed by atoms with Gasteiger partial charge in [0.15, 0.2) is 11.5 Å². The van der Waals surface area contributed by atoms with Crippen molar-refractivity contribution >= 4 is 16.9 Å². The summed E-state index contributed by atoms with van der Waals surface area (Å²) in [5.74, 6) is -1.66. The van der Waals surface area contributed by atoms with Crippen LogP contribution in [-0.2, 0) is 0 Å². The Morgan fingerprint density at radius 2 is 1.75 bits per heavy atom. The fourth-order valence-corrected chi connectivity index (χ4v) is 4.80. The van der Waals surface area contributed by atoms with Crippen LogP contribution in [0.2, 0.25) is 0 Å². The predicted molar refractivity (Wildman–Crippen MR) is 136 cm³/mol. The Labute approximate surface area is 207 Å². The first-order valence-corrected chi connectivity index (χ1v) is 11.9. The number of phenols is 1. The molecule has 0 amide bonds. The molecule has 36 heavy (non-hydrogen) atoms. The summed E-state index contributed by atoms with van der Waals surface area (Å²) >= 11 is 0. The molecule has 0 bridgehead atoms. The molecular weight excluding hydrogens is 464 g/mol. The Morgan fingerprint density at radius 3 is 2.44 bits per heavy atom. The first-order valence-electron chi connectivity index (χ1n) is 11.9. The van der Waals surface area contributed by atoms with E-state index in [4.69, 9.17) is 0 Å². The number of hydrogen-bond acceptors (Lipinski definition) is 6. The van der Waals surface area contributed by atoms with Gasteiger partial charge in [-0.05, 0) is 42.2 Å². The van der Waals surface area contributed by atoms with Crippen molar-refractivity contribution in [2.24, 2.45) is 0 Å². The van der Waals surface area contributed by atoms with Gasteiger partial charge >= 0.3 is 5.69 Å². The summed E-state index contributed by atoms with van der Waals surface area (Å²) in [6.45, 7) is 8.48. The van der Waals surface area contributed by atoms with Gasteiger partial charge in [0.2, 0.25) is 0 Å². The van der Waals surface area contributed by atoms with E-state index in [1.807, 2.05) is 43.9 Å². The monoisotopic (exact) mass is 491 g/mol. The highest BCUT2D eigenvalue weighted by Gasteiger charge is 2.25. The predicted octanol–water partition coefficient (Wildman–Crippen LogP) is 4.27. The lowest BCUT2D eigenvalue weighted by Crippen LogP contribution is -2.45. The molecule has 1 fully saturated rings. The van der Waals surface area contributed by atoms with E-state index < -0.39 is 23.1 Å². The number of nitrogens with zero attached hydrogens (tertiary/aromatic N) is 4. The third kappa shape index (κ3) is 3.99. The number of phenolic OH excluding ortho intramolecular Hbond substituents is 1. The van der Waals surface area contributed by atoms with Crippen LogP contribution in [-0.4, -0.2) is 45.8 Å². The summed E-state index contributed by atoms with van der Waals surface area (Å²) in [6.07, 6.45) is 0. The standard InChI is InChI=1S/C27H27F2N5O2/c1-15(2)17-7-4-6-16(3)24(17)34-26-18(25(32-27(34)36)33-12-10-30-11-13-33)14-20(29)23(31-26)22-19(28)8-5-9-21(22)35/h4-9,14-15,30,35H,10-13H2,1-3H3. The molecule has 0 atom stereocenters. The molecule has 1 aliphatic heterocycles. The summed E-state index contributed by atoms with van der Waals surface area (Å²) in [5, 5.41) is 14.0. The molecule has 0 radical (unpaired) electrons. The number of benzene rings is 2. The fraction of sp³-hybridized carbons (Fsp3) is 0.296. The van der Waals surface area contributed by atoms with E-state index in [0.717, 1.165) is 17.2 Å². The maximum atomic E-state index is 15.5. The number of hydrogen-bond donors (Lipinski definition) is 2. The number of nitrogens with one attached hydrogen (secondary N) is 1. The molecule has 186 valence electrons. The van der Waals surface area contributed by atoms with Crippen molar-refractivity contribution in [3.8, 4) is 22.7 Å². The van der Waals surface area contributed by atoms with Gasteiger partial charge in [-0.2, -0.15) is 4.98 Å². The van der Waals surface area contributed by atoms with Gasteiger partial charge in [0.25, 0.3) is 0 Å². The van der Waals surface area contributed by atoms with Gasteiger partial charge < -0.3 is 15.3 Å². The minimum absolute atomic E-state index is 0.0743. The van der Waals surface area contributed by atoms with E-state index in [-0.39, 0.29) is 22.8 Å². The average molecular weight is 492 g/mol. The molecule has 0 unspecified atom stereocenters. The minimum Gasteiger partial charge on any atom is -0.507 e. The van der Waals surface area contributed by atoms with Crippen molar-refractivity contribution < 1.29 is 13.9 Å². The van der Waals surface area contributed by atoms with Crippen LogP contribution in [0.5, 0.6) is 5.75 Å². The quantitative estimate of drug-likeness (QED) is 0.444. The normalized spacial score (nSPS) is 14.1. The molecule has 2 aromatic carbocycles. The highest BCUT2D eigenvalue weighted by Crippen LogP contribution is 2.36.